The Balaban J connectivity index is 2.08. The Morgan fingerprint density at radius 1 is 1.14 bits per heavy atom. The smallest absolute Gasteiger partial charge is 0.142 e. The lowest BCUT2D eigenvalue weighted by Crippen LogP contribution is -1.92. The number of nitrogens with one attached hydrogen (secondary N) is 1. The summed E-state index contributed by atoms with van der Waals surface area (Å²) in [5.41, 5.74) is 10.7. The number of anilines is 1. The average molecular weight is 281 g/mol. The number of nitrogens with two attached hydrogens (primary N) is 1. The van der Waals surface area contributed by atoms with Crippen LogP contribution in [0.4, 0.5) is 5.69 Å². The van der Waals surface area contributed by atoms with E-state index in [9.17, 15) is 0 Å². The van der Waals surface area contributed by atoms with Crippen molar-refractivity contribution in [2.24, 2.45) is 0 Å². The van der Waals surface area contributed by atoms with Crippen LogP contribution >= 0.6 is 0 Å². The fourth-order valence-electron chi connectivity index (χ4n) is 2.38. The number of methoxy groups -OCH3 is 1. The molecule has 0 radical (unpaired) electrons. The Morgan fingerprint density at radius 2 is 1.95 bits per heavy atom. The number of benzene rings is 2. The maximum absolute atomic E-state index is 5.85. The number of hydrogen-bond donors (Lipinski definition) is 2. The molecule has 0 aliphatic heterocycles. The molecule has 0 unspecified atom stereocenters. The van der Waals surface area contributed by atoms with Crippen LogP contribution in [0.1, 0.15) is 25.3 Å². The molecular formula is C17H19N3O. The molecule has 108 valence electrons. The minimum Gasteiger partial charge on any atom is -0.495 e. The highest BCUT2D eigenvalue weighted by molar-refractivity contribution is 5.80. The molecule has 1 aromatic heterocycles. The summed E-state index contributed by atoms with van der Waals surface area (Å²) in [6.07, 6.45) is 0. The third-order valence-electron chi connectivity index (χ3n) is 3.68. The van der Waals surface area contributed by atoms with Gasteiger partial charge in [-0.25, -0.2) is 4.98 Å². The molecule has 0 aliphatic rings. The monoisotopic (exact) mass is 281 g/mol. The molecular weight excluding hydrogens is 262 g/mol. The summed E-state index contributed by atoms with van der Waals surface area (Å²) >= 11 is 0. The topological polar surface area (TPSA) is 63.9 Å². The quantitative estimate of drug-likeness (QED) is 0.715. The highest BCUT2D eigenvalue weighted by Crippen LogP contribution is 2.29. The first-order valence-corrected chi connectivity index (χ1v) is 7.02. The van der Waals surface area contributed by atoms with Gasteiger partial charge in [-0.1, -0.05) is 19.9 Å². The number of imidazole rings is 1. The summed E-state index contributed by atoms with van der Waals surface area (Å²) in [5.74, 6) is 1.98. The predicted molar refractivity (Wildman–Crippen MR) is 86.6 cm³/mol. The second-order valence-electron chi connectivity index (χ2n) is 5.47. The molecule has 0 fully saturated rings. The molecule has 21 heavy (non-hydrogen) atoms. The van der Waals surface area contributed by atoms with Gasteiger partial charge in [-0.3, -0.25) is 0 Å². The fraction of sp³-hybridized carbons (Fsp3) is 0.235. The van der Waals surface area contributed by atoms with Crippen molar-refractivity contribution in [3.63, 3.8) is 0 Å². The largest absolute Gasteiger partial charge is 0.495 e. The van der Waals surface area contributed by atoms with Gasteiger partial charge in [-0.15, -0.1) is 0 Å². The van der Waals surface area contributed by atoms with Crippen LogP contribution in [0.15, 0.2) is 36.4 Å². The van der Waals surface area contributed by atoms with E-state index >= 15 is 0 Å². The molecule has 0 aliphatic carbocycles. The molecule has 0 bridgehead atoms. The number of nitrogens with zero attached hydrogens (tertiary/aromatic N) is 1. The fourth-order valence-corrected chi connectivity index (χ4v) is 2.38. The summed E-state index contributed by atoms with van der Waals surface area (Å²) in [4.78, 5) is 8.01. The van der Waals surface area contributed by atoms with Crippen LogP contribution in [0.3, 0.4) is 0 Å². The standard InChI is InChI=1S/C17H19N3O/c1-10(2)11-5-7-14-15(8-11)20-17(19-14)12-4-6-13(18)16(9-12)21-3/h4-10H,18H2,1-3H3,(H,19,20). The number of rotatable bonds is 3. The SMILES string of the molecule is COc1cc(-c2nc3ccc(C(C)C)cc3[nH]2)ccc1N. The second kappa shape index (κ2) is 5.13. The molecule has 0 saturated carbocycles. The van der Waals surface area contributed by atoms with E-state index in [0.717, 1.165) is 22.4 Å². The first kappa shape index (κ1) is 13.5. The highest BCUT2D eigenvalue weighted by Gasteiger charge is 2.09. The number of nitrogen functional groups attached to an aromatic ring is 1. The summed E-state index contributed by atoms with van der Waals surface area (Å²) < 4.78 is 5.27. The predicted octanol–water partition coefficient (Wildman–Crippen LogP) is 3.94. The van der Waals surface area contributed by atoms with Gasteiger partial charge in [0.1, 0.15) is 11.6 Å². The third kappa shape index (κ3) is 2.44. The molecule has 2 aromatic carbocycles. The number of hydrogen-bond acceptors (Lipinski definition) is 3. The summed E-state index contributed by atoms with van der Waals surface area (Å²) in [6.45, 7) is 4.37. The van der Waals surface area contributed by atoms with E-state index in [2.05, 4.69) is 42.0 Å². The van der Waals surface area contributed by atoms with Crippen LogP contribution < -0.4 is 10.5 Å². The third-order valence-corrected chi connectivity index (χ3v) is 3.68. The van der Waals surface area contributed by atoms with Gasteiger partial charge < -0.3 is 15.5 Å². The van der Waals surface area contributed by atoms with Crippen LogP contribution in [0.5, 0.6) is 5.75 Å². The Kier molecular flexibility index (Phi) is 3.29. The minimum absolute atomic E-state index is 0.498. The van der Waals surface area contributed by atoms with Crippen LogP contribution in [0.2, 0.25) is 0 Å². The van der Waals surface area contributed by atoms with Crippen molar-refractivity contribution in [3.05, 3.63) is 42.0 Å². The number of aromatic amines is 1. The molecule has 0 spiro atoms. The molecule has 1 heterocycles. The van der Waals surface area contributed by atoms with Gasteiger partial charge >= 0.3 is 0 Å². The van der Waals surface area contributed by atoms with Gasteiger partial charge in [0.15, 0.2) is 0 Å². The van der Waals surface area contributed by atoms with Crippen molar-refractivity contribution in [2.45, 2.75) is 19.8 Å². The van der Waals surface area contributed by atoms with Crippen molar-refractivity contribution in [1.82, 2.24) is 9.97 Å². The van der Waals surface area contributed by atoms with Gasteiger partial charge in [0.2, 0.25) is 0 Å². The molecule has 3 aromatic rings. The van der Waals surface area contributed by atoms with E-state index in [1.165, 1.54) is 5.56 Å². The van der Waals surface area contributed by atoms with E-state index in [-0.39, 0.29) is 0 Å². The first-order valence-electron chi connectivity index (χ1n) is 7.02. The van der Waals surface area contributed by atoms with Crippen molar-refractivity contribution in [2.75, 3.05) is 12.8 Å². The van der Waals surface area contributed by atoms with E-state index < -0.39 is 0 Å². The van der Waals surface area contributed by atoms with Gasteiger partial charge in [-0.05, 0) is 41.8 Å². The van der Waals surface area contributed by atoms with Gasteiger partial charge in [0.05, 0.1) is 23.8 Å². The first-order chi connectivity index (χ1) is 10.1. The lowest BCUT2D eigenvalue weighted by atomic mass is 10.0. The van der Waals surface area contributed by atoms with Gasteiger partial charge in [0, 0.05) is 5.56 Å². The van der Waals surface area contributed by atoms with Gasteiger partial charge in [-0.2, -0.15) is 0 Å². The lowest BCUT2D eigenvalue weighted by molar-refractivity contribution is 0.417. The molecule has 0 amide bonds. The Labute approximate surface area is 124 Å². The van der Waals surface area contributed by atoms with E-state index in [1.807, 2.05) is 18.2 Å². The van der Waals surface area contributed by atoms with Crippen LogP contribution in [0, 0.1) is 0 Å². The molecule has 0 atom stereocenters. The number of fused-ring (bicyclic) bond motifs is 1. The van der Waals surface area contributed by atoms with Crippen LogP contribution in [-0.4, -0.2) is 17.1 Å². The number of aromatic nitrogens is 2. The van der Waals surface area contributed by atoms with Crippen molar-refractivity contribution < 1.29 is 4.74 Å². The maximum Gasteiger partial charge on any atom is 0.142 e. The zero-order chi connectivity index (χ0) is 15.0. The minimum atomic E-state index is 0.498. The highest BCUT2D eigenvalue weighted by atomic mass is 16.5. The zero-order valence-corrected chi connectivity index (χ0v) is 12.5. The zero-order valence-electron chi connectivity index (χ0n) is 12.5. The lowest BCUT2D eigenvalue weighted by Gasteiger charge is -2.05. The Bertz CT molecular complexity index is 790. The maximum atomic E-state index is 5.85. The van der Waals surface area contributed by atoms with E-state index in [0.29, 0.717) is 17.4 Å². The summed E-state index contributed by atoms with van der Waals surface area (Å²) in [7, 11) is 1.61. The number of H-pyrrole nitrogens is 1. The van der Waals surface area contributed by atoms with Crippen LogP contribution in [-0.2, 0) is 0 Å². The van der Waals surface area contributed by atoms with E-state index in [1.54, 1.807) is 7.11 Å². The Morgan fingerprint density at radius 3 is 2.67 bits per heavy atom. The van der Waals surface area contributed by atoms with Crippen molar-refractivity contribution in [3.8, 4) is 17.1 Å². The van der Waals surface area contributed by atoms with E-state index in [4.69, 9.17) is 10.5 Å². The summed E-state index contributed by atoms with van der Waals surface area (Å²) in [6, 6.07) is 12.0. The normalized spacial score (nSPS) is 11.2. The molecule has 3 rings (SSSR count). The average Bonchev–Trinajstić information content (AvgIpc) is 2.90. The Hall–Kier alpha value is -2.49. The summed E-state index contributed by atoms with van der Waals surface area (Å²) in [5, 5.41) is 0. The molecule has 0 saturated heterocycles. The van der Waals surface area contributed by atoms with Crippen molar-refractivity contribution >= 4 is 16.7 Å². The van der Waals surface area contributed by atoms with Crippen LogP contribution in [0.25, 0.3) is 22.4 Å². The molecule has 4 heteroatoms. The van der Waals surface area contributed by atoms with Gasteiger partial charge in [0.25, 0.3) is 0 Å². The molecule has 3 N–H and O–H groups in total. The number of ether oxygens (including phenoxy) is 1. The van der Waals surface area contributed by atoms with Crippen molar-refractivity contribution in [1.29, 1.82) is 0 Å². The molecule has 4 nitrogen and oxygen atoms in total. The second-order valence-corrected chi connectivity index (χ2v) is 5.47.